The standard InChI is InChI=1S/C19H25BO4/c1-18(2,21)19(3,4)24-20(22)16-11-8-12-17(13-16)23-14-15-9-6-5-7-10-15/h5-13,21-22H,14H2,1-4H3. The molecular formula is C19H25BO4. The summed E-state index contributed by atoms with van der Waals surface area (Å²) in [6.45, 7) is 7.24. The van der Waals surface area contributed by atoms with Crippen molar-refractivity contribution in [3.63, 3.8) is 0 Å². The lowest BCUT2D eigenvalue weighted by Gasteiger charge is -2.38. The summed E-state index contributed by atoms with van der Waals surface area (Å²) in [5.41, 5.74) is -0.344. The molecule has 0 amide bonds. The van der Waals surface area contributed by atoms with E-state index in [1.807, 2.05) is 36.4 Å². The number of aliphatic hydroxyl groups is 1. The van der Waals surface area contributed by atoms with E-state index in [2.05, 4.69) is 0 Å². The van der Waals surface area contributed by atoms with E-state index in [4.69, 9.17) is 9.39 Å². The predicted molar refractivity (Wildman–Crippen MR) is 96.3 cm³/mol. The van der Waals surface area contributed by atoms with Gasteiger partial charge in [0.1, 0.15) is 12.4 Å². The summed E-state index contributed by atoms with van der Waals surface area (Å²) in [5.74, 6) is 0.653. The SMILES string of the molecule is CC(C)(O)C(C)(C)OB(O)c1cccc(OCc2ccccc2)c1. The van der Waals surface area contributed by atoms with Gasteiger partial charge in [0, 0.05) is 0 Å². The number of ether oxygens (including phenoxy) is 1. The van der Waals surface area contributed by atoms with Gasteiger partial charge >= 0.3 is 7.12 Å². The zero-order valence-corrected chi connectivity index (χ0v) is 14.7. The zero-order chi connectivity index (χ0) is 17.8. The van der Waals surface area contributed by atoms with Crippen molar-refractivity contribution in [3.8, 4) is 5.75 Å². The molecule has 0 saturated carbocycles. The van der Waals surface area contributed by atoms with Crippen LogP contribution in [0.3, 0.4) is 0 Å². The van der Waals surface area contributed by atoms with E-state index in [9.17, 15) is 10.1 Å². The Bertz CT molecular complexity index is 650. The third-order valence-electron chi connectivity index (χ3n) is 4.27. The molecule has 0 fully saturated rings. The van der Waals surface area contributed by atoms with Crippen molar-refractivity contribution in [1.29, 1.82) is 0 Å². The van der Waals surface area contributed by atoms with Crippen molar-refractivity contribution in [3.05, 3.63) is 60.2 Å². The Balaban J connectivity index is 2.04. The Hall–Kier alpha value is -1.82. The second-order valence-electron chi connectivity index (χ2n) is 6.89. The molecular weight excluding hydrogens is 303 g/mol. The molecule has 0 bridgehead atoms. The van der Waals surface area contributed by atoms with Gasteiger partial charge in [0.05, 0.1) is 11.2 Å². The summed E-state index contributed by atoms with van der Waals surface area (Å²) in [5, 5.41) is 20.5. The molecule has 2 N–H and O–H groups in total. The van der Waals surface area contributed by atoms with E-state index in [1.54, 1.807) is 45.9 Å². The Morgan fingerprint density at radius 1 is 0.958 bits per heavy atom. The van der Waals surface area contributed by atoms with Crippen LogP contribution in [0, 0.1) is 0 Å². The van der Waals surface area contributed by atoms with Gasteiger partial charge in [0.15, 0.2) is 0 Å². The molecule has 0 radical (unpaired) electrons. The van der Waals surface area contributed by atoms with Gasteiger partial charge < -0.3 is 19.5 Å². The van der Waals surface area contributed by atoms with Gasteiger partial charge in [-0.25, -0.2) is 0 Å². The fourth-order valence-corrected chi connectivity index (χ4v) is 1.99. The zero-order valence-electron chi connectivity index (χ0n) is 14.7. The quantitative estimate of drug-likeness (QED) is 0.767. The second-order valence-corrected chi connectivity index (χ2v) is 6.89. The third-order valence-corrected chi connectivity index (χ3v) is 4.27. The van der Waals surface area contributed by atoms with Crippen LogP contribution in [0.5, 0.6) is 5.75 Å². The summed E-state index contributed by atoms with van der Waals surface area (Å²) in [7, 11) is -1.15. The minimum absolute atomic E-state index is 0.455. The third kappa shape index (κ3) is 4.84. The van der Waals surface area contributed by atoms with Crippen molar-refractivity contribution in [2.75, 3.05) is 0 Å². The molecule has 0 atom stereocenters. The number of hydrogen-bond acceptors (Lipinski definition) is 4. The minimum atomic E-state index is -1.15. The fraction of sp³-hybridized carbons (Fsp3) is 0.368. The molecule has 2 aromatic rings. The highest BCUT2D eigenvalue weighted by Crippen LogP contribution is 2.25. The van der Waals surface area contributed by atoms with Gasteiger partial charge in [-0.15, -0.1) is 0 Å². The van der Waals surface area contributed by atoms with Crippen LogP contribution >= 0.6 is 0 Å². The van der Waals surface area contributed by atoms with E-state index in [1.165, 1.54) is 0 Å². The summed E-state index contributed by atoms with van der Waals surface area (Å²) in [6.07, 6.45) is 0. The maximum Gasteiger partial charge on any atom is 0.491 e. The highest BCUT2D eigenvalue weighted by atomic mass is 16.5. The first-order valence-electron chi connectivity index (χ1n) is 8.04. The molecule has 2 rings (SSSR count). The van der Waals surface area contributed by atoms with E-state index in [-0.39, 0.29) is 0 Å². The topological polar surface area (TPSA) is 58.9 Å². The van der Waals surface area contributed by atoms with E-state index in [0.29, 0.717) is 17.8 Å². The first kappa shape index (κ1) is 18.5. The molecule has 0 unspecified atom stereocenters. The van der Waals surface area contributed by atoms with Crippen molar-refractivity contribution in [2.24, 2.45) is 0 Å². The normalized spacial score (nSPS) is 12.1. The fourth-order valence-electron chi connectivity index (χ4n) is 1.99. The largest absolute Gasteiger partial charge is 0.491 e. The predicted octanol–water partition coefficient (Wildman–Crippen LogP) is 2.52. The van der Waals surface area contributed by atoms with Crippen LogP contribution in [0.2, 0.25) is 0 Å². The highest BCUT2D eigenvalue weighted by Gasteiger charge is 2.39. The average Bonchev–Trinajstić information content (AvgIpc) is 2.53. The smallest absolute Gasteiger partial charge is 0.489 e. The number of rotatable bonds is 7. The van der Waals surface area contributed by atoms with E-state index >= 15 is 0 Å². The molecule has 0 heterocycles. The van der Waals surface area contributed by atoms with Gasteiger partial charge in [-0.05, 0) is 50.9 Å². The van der Waals surface area contributed by atoms with Gasteiger partial charge in [-0.3, -0.25) is 0 Å². The van der Waals surface area contributed by atoms with Gasteiger partial charge in [0.2, 0.25) is 0 Å². The van der Waals surface area contributed by atoms with Crippen molar-refractivity contribution in [1.82, 2.24) is 0 Å². The van der Waals surface area contributed by atoms with Crippen LogP contribution in [0.1, 0.15) is 33.3 Å². The average molecular weight is 328 g/mol. The molecule has 0 aromatic heterocycles. The van der Waals surface area contributed by atoms with E-state index in [0.717, 1.165) is 5.56 Å². The maximum absolute atomic E-state index is 10.3. The summed E-state index contributed by atoms with van der Waals surface area (Å²) >= 11 is 0. The van der Waals surface area contributed by atoms with Crippen LogP contribution in [0.25, 0.3) is 0 Å². The summed E-state index contributed by atoms with van der Waals surface area (Å²) in [6, 6.07) is 17.0. The molecule has 0 spiro atoms. The van der Waals surface area contributed by atoms with Crippen LogP contribution < -0.4 is 10.2 Å². The van der Waals surface area contributed by atoms with Gasteiger partial charge in [-0.2, -0.15) is 0 Å². The first-order valence-corrected chi connectivity index (χ1v) is 8.04. The Morgan fingerprint density at radius 2 is 1.62 bits per heavy atom. The number of hydrogen-bond donors (Lipinski definition) is 2. The molecule has 5 heteroatoms. The molecule has 0 aliphatic heterocycles. The lowest BCUT2D eigenvalue weighted by atomic mass is 9.76. The van der Waals surface area contributed by atoms with Crippen LogP contribution in [0.15, 0.2) is 54.6 Å². The Morgan fingerprint density at radius 3 is 2.25 bits per heavy atom. The van der Waals surface area contributed by atoms with Gasteiger partial charge in [0.25, 0.3) is 0 Å². The molecule has 0 aliphatic rings. The van der Waals surface area contributed by atoms with Crippen LogP contribution in [-0.2, 0) is 11.3 Å². The monoisotopic (exact) mass is 328 g/mol. The van der Waals surface area contributed by atoms with Crippen molar-refractivity contribution < 1.29 is 19.5 Å². The molecule has 0 saturated heterocycles. The summed E-state index contributed by atoms with van der Waals surface area (Å²) < 4.78 is 11.4. The van der Waals surface area contributed by atoms with Crippen molar-refractivity contribution >= 4 is 12.6 Å². The second kappa shape index (κ2) is 7.39. The molecule has 2 aromatic carbocycles. The molecule has 0 aliphatic carbocycles. The maximum atomic E-state index is 10.3. The minimum Gasteiger partial charge on any atom is -0.489 e. The Kier molecular flexibility index (Phi) is 5.70. The number of benzene rings is 2. The van der Waals surface area contributed by atoms with Crippen molar-refractivity contribution in [2.45, 2.75) is 45.5 Å². The van der Waals surface area contributed by atoms with Crippen LogP contribution in [-0.4, -0.2) is 28.5 Å². The lowest BCUT2D eigenvalue weighted by molar-refractivity contribution is -0.0982. The van der Waals surface area contributed by atoms with Crippen LogP contribution in [0.4, 0.5) is 0 Å². The first-order chi connectivity index (χ1) is 11.2. The highest BCUT2D eigenvalue weighted by molar-refractivity contribution is 6.60. The van der Waals surface area contributed by atoms with Gasteiger partial charge in [-0.1, -0.05) is 42.5 Å². The molecule has 128 valence electrons. The lowest BCUT2D eigenvalue weighted by Crippen LogP contribution is -2.53. The Labute approximate surface area is 144 Å². The molecule has 4 nitrogen and oxygen atoms in total. The summed E-state index contributed by atoms with van der Waals surface area (Å²) in [4.78, 5) is 0. The van der Waals surface area contributed by atoms with E-state index < -0.39 is 18.3 Å². The molecule has 24 heavy (non-hydrogen) atoms.